The molecule has 0 spiro atoms. The van der Waals surface area contributed by atoms with Crippen LogP contribution in [0.25, 0.3) is 34.2 Å². The summed E-state index contributed by atoms with van der Waals surface area (Å²) in [5.41, 5.74) is 4.67. The fourth-order valence-corrected chi connectivity index (χ4v) is 2.79. The van der Waals surface area contributed by atoms with Gasteiger partial charge in [0.1, 0.15) is 0 Å². The first-order chi connectivity index (χ1) is 12.2. The number of phenols is 2. The van der Waals surface area contributed by atoms with Crippen LogP contribution in [0.5, 0.6) is 11.5 Å². The van der Waals surface area contributed by atoms with Gasteiger partial charge in [0.05, 0.1) is 11.2 Å². The maximum Gasteiger partial charge on any atom is 0.158 e. The van der Waals surface area contributed by atoms with Gasteiger partial charge in [-0.3, -0.25) is 5.10 Å². The van der Waals surface area contributed by atoms with Crippen LogP contribution < -0.4 is 0 Å². The first-order valence-corrected chi connectivity index (χ1v) is 7.94. The second-order valence-corrected chi connectivity index (χ2v) is 5.82. The van der Waals surface area contributed by atoms with E-state index in [-0.39, 0.29) is 11.5 Å². The topological polar surface area (TPSA) is 69.1 Å². The summed E-state index contributed by atoms with van der Waals surface area (Å²) in [5.74, 6) is -0.256. The van der Waals surface area contributed by atoms with Gasteiger partial charge in [0.25, 0.3) is 0 Å². The Labute approximate surface area is 144 Å². The Bertz CT molecular complexity index is 1070. The number of hydrogen-bond donors (Lipinski definition) is 3. The van der Waals surface area contributed by atoms with E-state index in [2.05, 4.69) is 10.2 Å². The van der Waals surface area contributed by atoms with Crippen LogP contribution in [0, 0.1) is 0 Å². The molecule has 0 aliphatic heterocycles. The lowest BCUT2D eigenvalue weighted by molar-refractivity contribution is 0.404. The summed E-state index contributed by atoms with van der Waals surface area (Å²) in [6, 6.07) is 20.8. The van der Waals surface area contributed by atoms with Gasteiger partial charge in [0, 0.05) is 5.39 Å². The summed E-state index contributed by atoms with van der Waals surface area (Å²) >= 11 is 0. The number of H-pyrrole nitrogens is 1. The van der Waals surface area contributed by atoms with Crippen molar-refractivity contribution in [1.29, 1.82) is 0 Å². The van der Waals surface area contributed by atoms with Gasteiger partial charge < -0.3 is 10.2 Å². The lowest BCUT2D eigenvalue weighted by atomic mass is 10.0. The molecule has 0 radical (unpaired) electrons. The van der Waals surface area contributed by atoms with E-state index >= 15 is 0 Å². The van der Waals surface area contributed by atoms with Crippen LogP contribution in [0.2, 0.25) is 0 Å². The van der Waals surface area contributed by atoms with Crippen LogP contribution in [-0.2, 0) is 0 Å². The molecule has 0 fully saturated rings. The highest BCUT2D eigenvalue weighted by Gasteiger charge is 2.07. The minimum Gasteiger partial charge on any atom is -0.504 e. The summed E-state index contributed by atoms with van der Waals surface area (Å²) in [6.45, 7) is 0. The van der Waals surface area contributed by atoms with E-state index < -0.39 is 0 Å². The number of nitrogens with zero attached hydrogens (tertiary/aromatic N) is 1. The number of phenolic OH excluding ortho intramolecular Hbond substituents is 2. The van der Waals surface area contributed by atoms with Crippen molar-refractivity contribution < 1.29 is 10.2 Å². The highest BCUT2D eigenvalue weighted by molar-refractivity contribution is 5.92. The first-order valence-electron chi connectivity index (χ1n) is 7.94. The second kappa shape index (κ2) is 6.17. The standard InChI is InChI=1S/C21H16N2O2/c24-20-11-8-16(13-21(20)25)15-7-9-17-18(22-23-19(17)12-15)10-6-14-4-2-1-3-5-14/h1-13,24-25H,(H,22,23). The molecule has 0 aliphatic rings. The third kappa shape index (κ3) is 2.97. The fraction of sp³-hybridized carbons (Fsp3) is 0. The molecule has 0 atom stereocenters. The fourth-order valence-electron chi connectivity index (χ4n) is 2.79. The number of fused-ring (bicyclic) bond motifs is 1. The largest absolute Gasteiger partial charge is 0.504 e. The summed E-state index contributed by atoms with van der Waals surface area (Å²) < 4.78 is 0. The van der Waals surface area contributed by atoms with Crippen LogP contribution in [-0.4, -0.2) is 20.4 Å². The molecule has 0 bridgehead atoms. The summed E-state index contributed by atoms with van der Waals surface area (Å²) in [7, 11) is 0. The van der Waals surface area contributed by atoms with Crippen LogP contribution in [0.15, 0.2) is 66.7 Å². The molecule has 4 aromatic rings. The van der Waals surface area contributed by atoms with Crippen molar-refractivity contribution >= 4 is 23.1 Å². The molecule has 1 heterocycles. The number of rotatable bonds is 3. The molecular weight excluding hydrogens is 312 g/mol. The molecule has 25 heavy (non-hydrogen) atoms. The van der Waals surface area contributed by atoms with Gasteiger partial charge in [0.15, 0.2) is 11.5 Å². The maximum absolute atomic E-state index is 9.68. The quantitative estimate of drug-likeness (QED) is 0.473. The number of nitrogens with one attached hydrogen (secondary N) is 1. The molecule has 3 N–H and O–H groups in total. The van der Waals surface area contributed by atoms with Crippen molar-refractivity contribution in [2.45, 2.75) is 0 Å². The molecule has 0 amide bonds. The minimum atomic E-state index is -0.131. The van der Waals surface area contributed by atoms with E-state index in [1.165, 1.54) is 6.07 Å². The molecule has 4 rings (SSSR count). The molecule has 0 aliphatic carbocycles. The molecule has 0 saturated heterocycles. The van der Waals surface area contributed by atoms with Crippen molar-refractivity contribution in [2.24, 2.45) is 0 Å². The van der Waals surface area contributed by atoms with Crippen molar-refractivity contribution in [3.63, 3.8) is 0 Å². The van der Waals surface area contributed by atoms with Crippen LogP contribution in [0.3, 0.4) is 0 Å². The van der Waals surface area contributed by atoms with E-state index in [1.807, 2.05) is 60.7 Å². The van der Waals surface area contributed by atoms with Crippen molar-refractivity contribution in [1.82, 2.24) is 10.2 Å². The smallest absolute Gasteiger partial charge is 0.158 e. The number of aromatic nitrogens is 2. The Hall–Kier alpha value is -3.53. The molecular formula is C21H16N2O2. The van der Waals surface area contributed by atoms with E-state index in [1.54, 1.807) is 12.1 Å². The molecule has 122 valence electrons. The van der Waals surface area contributed by atoms with E-state index in [0.29, 0.717) is 0 Å². The minimum absolute atomic E-state index is 0.125. The number of aromatic hydroxyl groups is 2. The van der Waals surface area contributed by atoms with Crippen LogP contribution in [0.4, 0.5) is 0 Å². The lowest BCUT2D eigenvalue weighted by Crippen LogP contribution is -1.79. The predicted molar refractivity (Wildman–Crippen MR) is 100 cm³/mol. The molecule has 0 saturated carbocycles. The van der Waals surface area contributed by atoms with Crippen molar-refractivity contribution in [3.05, 3.63) is 78.0 Å². The Kier molecular flexibility index (Phi) is 3.71. The van der Waals surface area contributed by atoms with Gasteiger partial charge in [-0.15, -0.1) is 0 Å². The summed E-state index contributed by atoms with van der Waals surface area (Å²) in [4.78, 5) is 0. The highest BCUT2D eigenvalue weighted by atomic mass is 16.3. The summed E-state index contributed by atoms with van der Waals surface area (Å²) in [5, 5.41) is 27.6. The number of aromatic amines is 1. The average Bonchev–Trinajstić information content (AvgIpc) is 3.05. The zero-order chi connectivity index (χ0) is 17.2. The van der Waals surface area contributed by atoms with E-state index in [0.717, 1.165) is 33.3 Å². The average molecular weight is 328 g/mol. The molecule has 0 unspecified atom stereocenters. The second-order valence-electron chi connectivity index (χ2n) is 5.82. The van der Waals surface area contributed by atoms with Gasteiger partial charge in [-0.25, -0.2) is 0 Å². The number of hydrogen-bond acceptors (Lipinski definition) is 3. The SMILES string of the molecule is Oc1ccc(-c2ccc3c(C=Cc4ccccc4)n[nH]c3c2)cc1O. The molecule has 3 aromatic carbocycles. The highest BCUT2D eigenvalue weighted by Crippen LogP contribution is 2.32. The maximum atomic E-state index is 9.68. The zero-order valence-electron chi connectivity index (χ0n) is 13.3. The summed E-state index contributed by atoms with van der Waals surface area (Å²) in [6.07, 6.45) is 4.02. The Balaban J connectivity index is 1.69. The van der Waals surface area contributed by atoms with Gasteiger partial charge in [-0.1, -0.05) is 48.5 Å². The predicted octanol–water partition coefficient (Wildman–Crippen LogP) is 4.81. The molecule has 4 nitrogen and oxygen atoms in total. The Morgan fingerprint density at radius 2 is 1.52 bits per heavy atom. The zero-order valence-corrected chi connectivity index (χ0v) is 13.3. The van der Waals surface area contributed by atoms with Crippen LogP contribution in [0.1, 0.15) is 11.3 Å². The molecule has 1 aromatic heterocycles. The third-order valence-corrected chi connectivity index (χ3v) is 4.13. The van der Waals surface area contributed by atoms with Gasteiger partial charge in [-0.2, -0.15) is 5.10 Å². The molecule has 4 heteroatoms. The first kappa shape index (κ1) is 15.0. The third-order valence-electron chi connectivity index (χ3n) is 4.13. The normalized spacial score (nSPS) is 11.4. The van der Waals surface area contributed by atoms with Crippen molar-refractivity contribution in [3.8, 4) is 22.6 Å². The van der Waals surface area contributed by atoms with Gasteiger partial charge in [0.2, 0.25) is 0 Å². The Morgan fingerprint density at radius 1 is 0.760 bits per heavy atom. The van der Waals surface area contributed by atoms with Crippen molar-refractivity contribution in [2.75, 3.05) is 0 Å². The van der Waals surface area contributed by atoms with Gasteiger partial charge >= 0.3 is 0 Å². The Morgan fingerprint density at radius 3 is 2.32 bits per heavy atom. The monoisotopic (exact) mass is 328 g/mol. The van der Waals surface area contributed by atoms with E-state index in [9.17, 15) is 10.2 Å². The van der Waals surface area contributed by atoms with E-state index in [4.69, 9.17) is 0 Å². The number of benzene rings is 3. The lowest BCUT2D eigenvalue weighted by Gasteiger charge is -2.04. The van der Waals surface area contributed by atoms with Gasteiger partial charge in [-0.05, 0) is 47.0 Å². The van der Waals surface area contributed by atoms with Crippen LogP contribution >= 0.6 is 0 Å².